The lowest BCUT2D eigenvalue weighted by molar-refractivity contribution is 0.0938. The fourth-order valence-electron chi connectivity index (χ4n) is 1.60. The molecule has 1 atom stereocenters. The van der Waals surface area contributed by atoms with Crippen LogP contribution in [0.1, 0.15) is 36.2 Å². The van der Waals surface area contributed by atoms with Crippen molar-refractivity contribution >= 4 is 33.6 Å². The molecular weight excluding hydrogens is 310 g/mol. The van der Waals surface area contributed by atoms with Crippen LogP contribution in [0.3, 0.4) is 0 Å². The first kappa shape index (κ1) is 15.6. The number of halogens is 1. The molecule has 1 aromatic carbocycles. The van der Waals surface area contributed by atoms with Gasteiger partial charge in [0.25, 0.3) is 5.91 Å². The summed E-state index contributed by atoms with van der Waals surface area (Å²) < 4.78 is 0.887. The van der Waals surface area contributed by atoms with Gasteiger partial charge in [0.15, 0.2) is 0 Å². The molecule has 0 aliphatic heterocycles. The van der Waals surface area contributed by atoms with Crippen LogP contribution in [0.2, 0.25) is 0 Å². The number of carbonyl (C=O) groups is 1. The average molecular weight is 330 g/mol. The van der Waals surface area contributed by atoms with Gasteiger partial charge in [-0.1, -0.05) is 19.1 Å². The Labute approximate surface area is 122 Å². The highest BCUT2D eigenvalue weighted by Gasteiger charge is 2.13. The third kappa shape index (κ3) is 4.65. The number of carbonyl (C=O) groups excluding carboxylic acids is 1. The quantitative estimate of drug-likeness (QED) is 0.798. The van der Waals surface area contributed by atoms with Gasteiger partial charge >= 0.3 is 0 Å². The topological polar surface area (TPSA) is 29.1 Å². The maximum absolute atomic E-state index is 12.1. The molecule has 100 valence electrons. The van der Waals surface area contributed by atoms with Gasteiger partial charge in [-0.2, -0.15) is 11.8 Å². The summed E-state index contributed by atoms with van der Waals surface area (Å²) in [6, 6.07) is 5.96. The molecule has 1 N–H and O–H groups in total. The summed E-state index contributed by atoms with van der Waals surface area (Å²) in [6.07, 6.45) is 1.01. The van der Waals surface area contributed by atoms with Crippen LogP contribution < -0.4 is 5.32 Å². The lowest BCUT2D eigenvalue weighted by Gasteiger charge is -2.14. The molecule has 2 nitrogen and oxygen atoms in total. The van der Waals surface area contributed by atoms with E-state index in [1.54, 1.807) is 0 Å². The van der Waals surface area contributed by atoms with Gasteiger partial charge in [-0.3, -0.25) is 4.79 Å². The number of benzene rings is 1. The molecule has 0 aliphatic carbocycles. The fourth-order valence-corrected chi connectivity index (χ4v) is 2.85. The molecule has 0 radical (unpaired) electrons. The standard InChI is InChI=1S/C14H20BrNOS/c1-4-18-9-8-11(3)16-14(17)12-7-5-6-10(2)13(12)15/h5-7,11H,4,8-9H2,1-3H3,(H,16,17). The zero-order chi connectivity index (χ0) is 13.5. The predicted molar refractivity (Wildman–Crippen MR) is 83.4 cm³/mol. The van der Waals surface area contributed by atoms with Gasteiger partial charge in [-0.25, -0.2) is 0 Å². The van der Waals surface area contributed by atoms with Crippen molar-refractivity contribution in [1.29, 1.82) is 0 Å². The number of aryl methyl sites for hydroxylation is 1. The molecule has 0 spiro atoms. The van der Waals surface area contributed by atoms with Crippen molar-refractivity contribution in [2.24, 2.45) is 0 Å². The van der Waals surface area contributed by atoms with Gasteiger partial charge in [-0.15, -0.1) is 0 Å². The van der Waals surface area contributed by atoms with E-state index in [0.717, 1.165) is 28.0 Å². The van der Waals surface area contributed by atoms with Crippen LogP contribution in [0.5, 0.6) is 0 Å². The third-order valence-corrected chi connectivity index (χ3v) is 4.70. The Hall–Kier alpha value is -0.480. The lowest BCUT2D eigenvalue weighted by Crippen LogP contribution is -2.33. The largest absolute Gasteiger partial charge is 0.350 e. The molecule has 1 aromatic rings. The van der Waals surface area contributed by atoms with E-state index < -0.39 is 0 Å². The van der Waals surface area contributed by atoms with Crippen LogP contribution in [-0.4, -0.2) is 23.5 Å². The fraction of sp³-hybridized carbons (Fsp3) is 0.500. The highest BCUT2D eigenvalue weighted by Crippen LogP contribution is 2.21. The molecule has 0 bridgehead atoms. The molecular formula is C14H20BrNOS. The summed E-state index contributed by atoms with van der Waals surface area (Å²) in [6.45, 7) is 6.19. The van der Waals surface area contributed by atoms with Crippen LogP contribution in [-0.2, 0) is 0 Å². The van der Waals surface area contributed by atoms with Gasteiger partial charge in [0.2, 0.25) is 0 Å². The van der Waals surface area contributed by atoms with Crippen molar-refractivity contribution in [3.05, 3.63) is 33.8 Å². The van der Waals surface area contributed by atoms with E-state index >= 15 is 0 Å². The SMILES string of the molecule is CCSCCC(C)NC(=O)c1cccc(C)c1Br. The Bertz CT molecular complexity index is 409. The minimum absolute atomic E-state index is 0.000395. The Morgan fingerprint density at radius 1 is 1.50 bits per heavy atom. The molecule has 1 amide bonds. The Morgan fingerprint density at radius 2 is 2.22 bits per heavy atom. The van der Waals surface area contributed by atoms with Crippen LogP contribution in [0.4, 0.5) is 0 Å². The average Bonchev–Trinajstić information content (AvgIpc) is 2.32. The van der Waals surface area contributed by atoms with Crippen LogP contribution in [0.15, 0.2) is 22.7 Å². The first-order chi connectivity index (χ1) is 8.56. The summed E-state index contributed by atoms with van der Waals surface area (Å²) in [7, 11) is 0. The Balaban J connectivity index is 2.57. The second-order valence-electron chi connectivity index (χ2n) is 4.30. The van der Waals surface area contributed by atoms with Crippen LogP contribution in [0, 0.1) is 6.92 Å². The van der Waals surface area contributed by atoms with E-state index in [4.69, 9.17) is 0 Å². The van der Waals surface area contributed by atoms with E-state index in [9.17, 15) is 4.79 Å². The summed E-state index contributed by atoms with van der Waals surface area (Å²) >= 11 is 5.37. The van der Waals surface area contributed by atoms with E-state index in [2.05, 4.69) is 35.1 Å². The normalized spacial score (nSPS) is 12.2. The zero-order valence-corrected chi connectivity index (χ0v) is 13.5. The second-order valence-corrected chi connectivity index (χ2v) is 6.48. The minimum Gasteiger partial charge on any atom is -0.350 e. The molecule has 1 unspecified atom stereocenters. The summed E-state index contributed by atoms with van der Waals surface area (Å²) in [5.74, 6) is 2.22. The highest BCUT2D eigenvalue weighted by molar-refractivity contribution is 9.10. The Morgan fingerprint density at radius 3 is 2.89 bits per heavy atom. The molecule has 0 aromatic heterocycles. The van der Waals surface area contributed by atoms with Gasteiger partial charge in [-0.05, 0) is 59.3 Å². The number of nitrogens with one attached hydrogen (secondary N) is 1. The van der Waals surface area contributed by atoms with Gasteiger partial charge < -0.3 is 5.32 Å². The molecule has 0 saturated heterocycles. The number of thioether (sulfide) groups is 1. The summed E-state index contributed by atoms with van der Waals surface area (Å²) in [5.41, 5.74) is 1.79. The first-order valence-electron chi connectivity index (χ1n) is 6.20. The van der Waals surface area contributed by atoms with E-state index in [-0.39, 0.29) is 11.9 Å². The number of hydrogen-bond donors (Lipinski definition) is 1. The smallest absolute Gasteiger partial charge is 0.252 e. The molecule has 1 rings (SSSR count). The van der Waals surface area contributed by atoms with Crippen molar-refractivity contribution in [1.82, 2.24) is 5.32 Å². The molecule has 0 fully saturated rings. The van der Waals surface area contributed by atoms with Crippen molar-refractivity contribution in [3.63, 3.8) is 0 Å². The Kier molecular flexibility index (Phi) is 6.79. The van der Waals surface area contributed by atoms with E-state index in [1.807, 2.05) is 36.9 Å². The molecule has 4 heteroatoms. The highest BCUT2D eigenvalue weighted by atomic mass is 79.9. The molecule has 0 heterocycles. The van der Waals surface area contributed by atoms with Crippen molar-refractivity contribution in [3.8, 4) is 0 Å². The predicted octanol–water partition coefficient (Wildman–Crippen LogP) is 4.02. The molecule has 0 saturated carbocycles. The second kappa shape index (κ2) is 7.85. The monoisotopic (exact) mass is 329 g/mol. The van der Waals surface area contributed by atoms with Gasteiger partial charge in [0.1, 0.15) is 0 Å². The maximum Gasteiger partial charge on any atom is 0.252 e. The summed E-state index contributed by atoms with van der Waals surface area (Å²) in [5, 5.41) is 3.04. The first-order valence-corrected chi connectivity index (χ1v) is 8.14. The van der Waals surface area contributed by atoms with E-state index in [1.165, 1.54) is 0 Å². The third-order valence-electron chi connectivity index (χ3n) is 2.71. The van der Waals surface area contributed by atoms with Gasteiger partial charge in [0.05, 0.1) is 5.56 Å². The van der Waals surface area contributed by atoms with Crippen LogP contribution >= 0.6 is 27.7 Å². The molecule has 18 heavy (non-hydrogen) atoms. The number of rotatable bonds is 6. The van der Waals surface area contributed by atoms with Crippen LogP contribution in [0.25, 0.3) is 0 Å². The zero-order valence-electron chi connectivity index (χ0n) is 11.1. The van der Waals surface area contributed by atoms with Gasteiger partial charge in [0, 0.05) is 10.5 Å². The van der Waals surface area contributed by atoms with E-state index in [0.29, 0.717) is 5.56 Å². The summed E-state index contributed by atoms with van der Waals surface area (Å²) in [4.78, 5) is 12.1. The number of hydrogen-bond acceptors (Lipinski definition) is 2. The molecule has 0 aliphatic rings. The lowest BCUT2D eigenvalue weighted by atomic mass is 10.1. The van der Waals surface area contributed by atoms with Crippen molar-refractivity contribution in [2.75, 3.05) is 11.5 Å². The number of amides is 1. The maximum atomic E-state index is 12.1. The minimum atomic E-state index is -0.000395. The van der Waals surface area contributed by atoms with Crippen molar-refractivity contribution < 1.29 is 4.79 Å². The van der Waals surface area contributed by atoms with Crippen molar-refractivity contribution in [2.45, 2.75) is 33.2 Å².